The van der Waals surface area contributed by atoms with Crippen molar-refractivity contribution in [1.29, 1.82) is 5.26 Å². The Morgan fingerprint density at radius 3 is 2.50 bits per heavy atom. The first-order valence-corrected chi connectivity index (χ1v) is 3.02. The van der Waals surface area contributed by atoms with Gasteiger partial charge in [0.1, 0.15) is 5.79 Å². The van der Waals surface area contributed by atoms with Crippen LogP contribution in [0.25, 0.3) is 0 Å². The molecule has 0 atom stereocenters. The van der Waals surface area contributed by atoms with E-state index in [-0.39, 0.29) is 6.42 Å². The van der Waals surface area contributed by atoms with Gasteiger partial charge in [-0.15, -0.1) is 0 Å². The van der Waals surface area contributed by atoms with Gasteiger partial charge < -0.3 is 17.2 Å². The summed E-state index contributed by atoms with van der Waals surface area (Å²) in [5, 5.41) is 10.9. The van der Waals surface area contributed by atoms with Crippen molar-refractivity contribution in [2.75, 3.05) is 13.1 Å². The molecule has 0 spiro atoms. The van der Waals surface area contributed by atoms with Gasteiger partial charge in [-0.25, -0.2) is 0 Å². The molecule has 0 aromatic carbocycles. The molecule has 58 valence electrons. The summed E-state index contributed by atoms with van der Waals surface area (Å²) in [6.45, 7) is 0.982. The van der Waals surface area contributed by atoms with Crippen molar-refractivity contribution in [3.63, 3.8) is 0 Å². The van der Waals surface area contributed by atoms with Gasteiger partial charge in [0.25, 0.3) is 0 Å². The quantitative estimate of drug-likeness (QED) is 0.340. The van der Waals surface area contributed by atoms with Crippen LogP contribution in [0.15, 0.2) is 0 Å². The highest BCUT2D eigenvalue weighted by Crippen LogP contribution is 1.88. The van der Waals surface area contributed by atoms with Crippen molar-refractivity contribution in [3.05, 3.63) is 0 Å². The first-order chi connectivity index (χ1) is 4.62. The molecule has 5 heteroatoms. The first-order valence-electron chi connectivity index (χ1n) is 3.02. The Balaban J connectivity index is 3.55. The summed E-state index contributed by atoms with van der Waals surface area (Å²) >= 11 is 0. The summed E-state index contributed by atoms with van der Waals surface area (Å²) in [6, 6.07) is 1.86. The largest absolute Gasteiger partial charge is 0.329 e. The molecule has 0 unspecified atom stereocenters. The standard InChI is InChI=1S/C5H13N5/c6-2-1-5(8,9)10-4-3-7/h10H,1,3-4,7-9H2. The van der Waals surface area contributed by atoms with E-state index < -0.39 is 5.79 Å². The predicted molar refractivity (Wildman–Crippen MR) is 38.4 cm³/mol. The molecule has 0 amide bonds. The Hall–Kier alpha value is -0.670. The van der Waals surface area contributed by atoms with Crippen LogP contribution in [0.5, 0.6) is 0 Å². The summed E-state index contributed by atoms with van der Waals surface area (Å²) in [6.07, 6.45) is 0.0764. The Morgan fingerprint density at radius 2 is 2.10 bits per heavy atom. The minimum atomic E-state index is -1.09. The fourth-order valence-electron chi connectivity index (χ4n) is 0.498. The lowest BCUT2D eigenvalue weighted by molar-refractivity contribution is 0.358. The van der Waals surface area contributed by atoms with Crippen molar-refractivity contribution in [2.24, 2.45) is 17.2 Å². The molecule has 0 fully saturated rings. The molecule has 0 rings (SSSR count). The van der Waals surface area contributed by atoms with Gasteiger partial charge in [-0.05, 0) is 0 Å². The van der Waals surface area contributed by atoms with Gasteiger partial charge in [0.15, 0.2) is 0 Å². The summed E-state index contributed by atoms with van der Waals surface area (Å²) < 4.78 is 0. The van der Waals surface area contributed by atoms with Gasteiger partial charge in [0, 0.05) is 13.1 Å². The number of hydrogen-bond acceptors (Lipinski definition) is 5. The minimum absolute atomic E-state index is 0.0764. The molecule has 0 saturated carbocycles. The normalized spacial score (nSPS) is 11.0. The van der Waals surface area contributed by atoms with E-state index in [4.69, 9.17) is 22.5 Å². The molecule has 0 aliphatic heterocycles. The van der Waals surface area contributed by atoms with Crippen molar-refractivity contribution in [3.8, 4) is 6.07 Å². The summed E-state index contributed by atoms with van der Waals surface area (Å²) in [5.41, 5.74) is 16.0. The van der Waals surface area contributed by atoms with Gasteiger partial charge in [0.05, 0.1) is 12.5 Å². The SMILES string of the molecule is N#CCC(N)(N)NCCN. The Labute approximate surface area is 60.2 Å². The van der Waals surface area contributed by atoms with Crippen LogP contribution in [0.2, 0.25) is 0 Å². The molecule has 10 heavy (non-hydrogen) atoms. The van der Waals surface area contributed by atoms with E-state index in [9.17, 15) is 0 Å². The van der Waals surface area contributed by atoms with E-state index in [0.29, 0.717) is 13.1 Å². The molecule has 0 aliphatic carbocycles. The highest BCUT2D eigenvalue weighted by atomic mass is 15.2. The Bertz CT molecular complexity index is 124. The summed E-state index contributed by atoms with van der Waals surface area (Å²) in [4.78, 5) is 0. The highest BCUT2D eigenvalue weighted by Gasteiger charge is 2.15. The number of nitrogens with two attached hydrogens (primary N) is 3. The second kappa shape index (κ2) is 4.19. The molecule has 0 aromatic heterocycles. The van der Waals surface area contributed by atoms with E-state index in [1.165, 1.54) is 0 Å². The van der Waals surface area contributed by atoms with E-state index >= 15 is 0 Å². The number of rotatable bonds is 4. The molecular formula is C5H13N5. The maximum Gasteiger partial charge on any atom is 0.131 e. The zero-order chi connectivity index (χ0) is 8.04. The van der Waals surface area contributed by atoms with Gasteiger partial charge in [-0.1, -0.05) is 0 Å². The Kier molecular flexibility index (Phi) is 3.91. The summed E-state index contributed by atoms with van der Waals surface area (Å²) in [5.74, 6) is -1.09. The molecule has 0 heterocycles. The maximum absolute atomic E-state index is 8.22. The predicted octanol–water partition coefficient (Wildman–Crippen LogP) is -1.98. The van der Waals surface area contributed by atoms with Crippen LogP contribution in [0.3, 0.4) is 0 Å². The molecule has 0 saturated heterocycles. The number of nitriles is 1. The third kappa shape index (κ3) is 4.23. The van der Waals surface area contributed by atoms with Crippen LogP contribution in [0, 0.1) is 11.3 Å². The van der Waals surface area contributed by atoms with E-state index in [0.717, 1.165) is 0 Å². The second-order valence-electron chi connectivity index (χ2n) is 2.09. The summed E-state index contributed by atoms with van der Waals surface area (Å²) in [7, 11) is 0. The Morgan fingerprint density at radius 1 is 1.50 bits per heavy atom. The van der Waals surface area contributed by atoms with Gasteiger partial charge in [0.2, 0.25) is 0 Å². The number of nitrogens with zero attached hydrogens (tertiary/aromatic N) is 1. The van der Waals surface area contributed by atoms with Crippen molar-refractivity contribution in [2.45, 2.75) is 12.2 Å². The molecule has 0 radical (unpaired) electrons. The monoisotopic (exact) mass is 143 g/mol. The zero-order valence-electron chi connectivity index (χ0n) is 5.80. The number of hydrogen-bond donors (Lipinski definition) is 4. The van der Waals surface area contributed by atoms with Crippen LogP contribution in [0.1, 0.15) is 6.42 Å². The van der Waals surface area contributed by atoms with Crippen LogP contribution in [-0.2, 0) is 0 Å². The van der Waals surface area contributed by atoms with Crippen molar-refractivity contribution >= 4 is 0 Å². The molecule has 0 bridgehead atoms. The molecular weight excluding hydrogens is 130 g/mol. The third-order valence-corrected chi connectivity index (χ3v) is 0.970. The van der Waals surface area contributed by atoms with Crippen LogP contribution in [-0.4, -0.2) is 18.9 Å². The molecule has 5 nitrogen and oxygen atoms in total. The maximum atomic E-state index is 8.22. The fourth-order valence-corrected chi connectivity index (χ4v) is 0.498. The van der Waals surface area contributed by atoms with E-state index in [1.807, 2.05) is 6.07 Å². The minimum Gasteiger partial charge on any atom is -0.329 e. The first kappa shape index (κ1) is 9.33. The smallest absolute Gasteiger partial charge is 0.131 e. The topological polar surface area (TPSA) is 114 Å². The van der Waals surface area contributed by atoms with Crippen molar-refractivity contribution in [1.82, 2.24) is 5.32 Å². The van der Waals surface area contributed by atoms with Gasteiger partial charge in [-0.3, -0.25) is 5.32 Å². The fraction of sp³-hybridized carbons (Fsp3) is 0.800. The van der Waals surface area contributed by atoms with Crippen LogP contribution in [0.4, 0.5) is 0 Å². The van der Waals surface area contributed by atoms with Crippen molar-refractivity contribution < 1.29 is 0 Å². The third-order valence-electron chi connectivity index (χ3n) is 0.970. The van der Waals surface area contributed by atoms with Gasteiger partial charge >= 0.3 is 0 Å². The lowest BCUT2D eigenvalue weighted by Crippen LogP contribution is -2.61. The average molecular weight is 143 g/mol. The van der Waals surface area contributed by atoms with Crippen LogP contribution >= 0.6 is 0 Å². The lowest BCUT2D eigenvalue weighted by Gasteiger charge is -2.22. The average Bonchev–Trinajstić information content (AvgIpc) is 1.84. The second-order valence-corrected chi connectivity index (χ2v) is 2.09. The van der Waals surface area contributed by atoms with E-state index in [1.54, 1.807) is 0 Å². The molecule has 0 aliphatic rings. The lowest BCUT2D eigenvalue weighted by atomic mass is 10.3. The number of nitrogens with one attached hydrogen (secondary N) is 1. The molecule has 0 aromatic rings. The van der Waals surface area contributed by atoms with Gasteiger partial charge in [-0.2, -0.15) is 5.26 Å². The molecule has 7 N–H and O–H groups in total. The zero-order valence-corrected chi connectivity index (χ0v) is 5.80. The van der Waals surface area contributed by atoms with Crippen LogP contribution < -0.4 is 22.5 Å². The van der Waals surface area contributed by atoms with E-state index in [2.05, 4.69) is 5.32 Å². The highest BCUT2D eigenvalue weighted by molar-refractivity contribution is 4.85.